The van der Waals surface area contributed by atoms with Crippen LogP contribution in [0.15, 0.2) is 48.5 Å². The van der Waals surface area contributed by atoms with E-state index in [0.717, 1.165) is 32.4 Å². The molecule has 0 saturated carbocycles. The molecule has 8 heteroatoms. The van der Waals surface area contributed by atoms with Crippen LogP contribution in [-0.2, 0) is 9.59 Å². The summed E-state index contributed by atoms with van der Waals surface area (Å²) in [6, 6.07) is 14.3. The third kappa shape index (κ3) is 5.01. The summed E-state index contributed by atoms with van der Waals surface area (Å²) in [5, 5.41) is 0.591. The van der Waals surface area contributed by atoms with Crippen molar-refractivity contribution < 1.29 is 19.1 Å². The molecule has 3 aliphatic rings. The van der Waals surface area contributed by atoms with Crippen molar-refractivity contribution in [2.75, 3.05) is 37.6 Å². The number of piperidine rings is 2. The molecule has 3 heterocycles. The van der Waals surface area contributed by atoms with Crippen molar-refractivity contribution in [3.8, 4) is 5.75 Å². The Morgan fingerprint density at radius 3 is 2.20 bits per heavy atom. The first-order valence-electron chi connectivity index (χ1n) is 12.4. The van der Waals surface area contributed by atoms with Gasteiger partial charge < -0.3 is 19.4 Å². The normalized spacial score (nSPS) is 20.7. The van der Waals surface area contributed by atoms with Crippen LogP contribution in [0.2, 0.25) is 5.02 Å². The highest BCUT2D eigenvalue weighted by atomic mass is 35.5. The van der Waals surface area contributed by atoms with Gasteiger partial charge in [0.25, 0.3) is 11.8 Å². The third-order valence-corrected chi connectivity index (χ3v) is 7.46. The maximum absolute atomic E-state index is 13.7. The molecule has 3 aliphatic heterocycles. The van der Waals surface area contributed by atoms with Crippen molar-refractivity contribution in [2.45, 2.75) is 38.2 Å². The van der Waals surface area contributed by atoms with Crippen molar-refractivity contribution in [3.05, 3.63) is 59.1 Å². The summed E-state index contributed by atoms with van der Waals surface area (Å²) >= 11 is 5.94. The first kappa shape index (κ1) is 23.7. The average Bonchev–Trinajstić information content (AvgIpc) is 2.92. The first-order valence-corrected chi connectivity index (χ1v) is 12.8. The molecule has 2 aromatic carbocycles. The zero-order valence-corrected chi connectivity index (χ0v) is 20.5. The summed E-state index contributed by atoms with van der Waals surface area (Å²) in [6.07, 6.45) is 3.63. The van der Waals surface area contributed by atoms with Crippen molar-refractivity contribution in [1.29, 1.82) is 0 Å². The van der Waals surface area contributed by atoms with Crippen LogP contribution in [-0.4, -0.2) is 66.3 Å². The average molecular weight is 496 g/mol. The fourth-order valence-corrected chi connectivity index (χ4v) is 5.34. The summed E-state index contributed by atoms with van der Waals surface area (Å²) in [5.41, 5.74) is 1.31. The lowest BCUT2D eigenvalue weighted by Crippen LogP contribution is -2.54. The lowest BCUT2D eigenvalue weighted by molar-refractivity contribution is -0.139. The number of hydrogen-bond donors (Lipinski definition) is 0. The summed E-state index contributed by atoms with van der Waals surface area (Å²) in [4.78, 5) is 45.1. The van der Waals surface area contributed by atoms with Gasteiger partial charge in [-0.15, -0.1) is 0 Å². The Bertz CT molecular complexity index is 1090. The lowest BCUT2D eigenvalue weighted by atomic mass is 9.94. The number of nitrogens with zero attached hydrogens (tertiary/aromatic N) is 3. The molecule has 0 aromatic heterocycles. The lowest BCUT2D eigenvalue weighted by Gasteiger charge is -2.39. The van der Waals surface area contributed by atoms with Crippen LogP contribution in [0.4, 0.5) is 5.69 Å². The number of hydrogen-bond acceptors (Lipinski definition) is 4. The second-order valence-corrected chi connectivity index (χ2v) is 9.92. The quantitative estimate of drug-likeness (QED) is 0.645. The number of halogens is 1. The van der Waals surface area contributed by atoms with Crippen LogP contribution in [0.25, 0.3) is 0 Å². The van der Waals surface area contributed by atoms with Gasteiger partial charge in [-0.25, -0.2) is 0 Å². The Kier molecular flexibility index (Phi) is 6.95. The molecular weight excluding hydrogens is 466 g/mol. The molecule has 1 atom stereocenters. The fourth-order valence-electron chi connectivity index (χ4n) is 5.21. The predicted octanol–water partition coefficient (Wildman–Crippen LogP) is 4.00. The minimum atomic E-state index is -0.696. The summed E-state index contributed by atoms with van der Waals surface area (Å²) < 4.78 is 6.07. The highest BCUT2D eigenvalue weighted by Crippen LogP contribution is 2.36. The van der Waals surface area contributed by atoms with E-state index in [9.17, 15) is 14.4 Å². The zero-order chi connectivity index (χ0) is 24.4. The molecule has 35 heavy (non-hydrogen) atoms. The van der Waals surface area contributed by atoms with Crippen LogP contribution < -0.4 is 9.64 Å². The van der Waals surface area contributed by atoms with Gasteiger partial charge >= 0.3 is 0 Å². The Morgan fingerprint density at radius 2 is 1.49 bits per heavy atom. The second kappa shape index (κ2) is 10.3. The highest BCUT2D eigenvalue weighted by molar-refractivity contribution is 6.30. The standard InChI is InChI=1S/C27H30ClN3O4/c28-21-10-8-19(9-11-21)25(32)30-16-12-20(13-17-30)26(33)31-18-24(27(34)29-14-4-1-5-15-29)35-23-7-3-2-6-22(23)31/h2-3,6-11,20,24H,1,4-5,12-18H2. The molecule has 5 rings (SSSR count). The van der Waals surface area contributed by atoms with E-state index in [2.05, 4.69) is 0 Å². The largest absolute Gasteiger partial charge is 0.476 e. The predicted molar refractivity (Wildman–Crippen MR) is 134 cm³/mol. The van der Waals surface area contributed by atoms with Gasteiger partial charge in [0.15, 0.2) is 6.10 Å². The van der Waals surface area contributed by atoms with Gasteiger partial charge in [-0.3, -0.25) is 14.4 Å². The summed E-state index contributed by atoms with van der Waals surface area (Å²) in [6.45, 7) is 2.73. The Morgan fingerprint density at radius 1 is 0.800 bits per heavy atom. The number of rotatable bonds is 3. The van der Waals surface area contributed by atoms with E-state index in [4.69, 9.17) is 16.3 Å². The SMILES string of the molecule is O=C(c1ccc(Cl)cc1)N1CCC(C(=O)N2CC(C(=O)N3CCCCC3)Oc3ccccc32)CC1. The molecule has 7 nitrogen and oxygen atoms in total. The van der Waals surface area contributed by atoms with Gasteiger partial charge in [-0.2, -0.15) is 0 Å². The summed E-state index contributed by atoms with van der Waals surface area (Å²) in [5.74, 6) is 0.270. The van der Waals surface area contributed by atoms with E-state index in [0.29, 0.717) is 48.0 Å². The minimum absolute atomic E-state index is 0.00390. The molecule has 0 radical (unpaired) electrons. The van der Waals surface area contributed by atoms with E-state index in [1.165, 1.54) is 0 Å². The Balaban J connectivity index is 1.27. The molecule has 3 amide bonds. The topological polar surface area (TPSA) is 70.2 Å². The van der Waals surface area contributed by atoms with E-state index in [1.807, 2.05) is 29.2 Å². The molecule has 0 aliphatic carbocycles. The smallest absolute Gasteiger partial charge is 0.265 e. The van der Waals surface area contributed by atoms with Crippen LogP contribution >= 0.6 is 11.6 Å². The van der Waals surface area contributed by atoms with Crippen LogP contribution in [0.5, 0.6) is 5.75 Å². The van der Waals surface area contributed by atoms with Gasteiger partial charge in [-0.1, -0.05) is 23.7 Å². The number of likely N-dealkylation sites (tertiary alicyclic amines) is 2. The van der Waals surface area contributed by atoms with Crippen LogP contribution in [0.1, 0.15) is 42.5 Å². The second-order valence-electron chi connectivity index (χ2n) is 9.48. The van der Waals surface area contributed by atoms with Crippen molar-refractivity contribution >= 4 is 35.0 Å². The van der Waals surface area contributed by atoms with E-state index in [1.54, 1.807) is 34.1 Å². The molecule has 0 bridgehead atoms. The number of ether oxygens (including phenoxy) is 1. The van der Waals surface area contributed by atoms with E-state index < -0.39 is 6.10 Å². The highest BCUT2D eigenvalue weighted by Gasteiger charge is 2.39. The van der Waals surface area contributed by atoms with Gasteiger partial charge in [0.1, 0.15) is 5.75 Å². The molecule has 2 fully saturated rings. The molecule has 1 unspecified atom stereocenters. The van der Waals surface area contributed by atoms with Crippen LogP contribution in [0.3, 0.4) is 0 Å². The van der Waals surface area contributed by atoms with Gasteiger partial charge in [-0.05, 0) is 68.5 Å². The zero-order valence-electron chi connectivity index (χ0n) is 19.7. The Labute approximate surface area is 210 Å². The number of amides is 3. The number of carbonyl (C=O) groups is 3. The number of fused-ring (bicyclic) bond motifs is 1. The van der Waals surface area contributed by atoms with E-state index in [-0.39, 0.29) is 30.2 Å². The molecular formula is C27H30ClN3O4. The van der Waals surface area contributed by atoms with Crippen LogP contribution in [0, 0.1) is 5.92 Å². The Hall–Kier alpha value is -3.06. The third-order valence-electron chi connectivity index (χ3n) is 7.21. The van der Waals surface area contributed by atoms with Gasteiger partial charge in [0.2, 0.25) is 5.91 Å². The van der Waals surface area contributed by atoms with Crippen molar-refractivity contribution in [1.82, 2.24) is 9.80 Å². The first-order chi connectivity index (χ1) is 17.0. The number of carbonyl (C=O) groups excluding carboxylic acids is 3. The molecule has 0 N–H and O–H groups in total. The van der Waals surface area contributed by atoms with Gasteiger partial charge in [0, 0.05) is 42.7 Å². The fraction of sp³-hybridized carbons (Fsp3) is 0.444. The number of para-hydroxylation sites is 2. The molecule has 184 valence electrons. The molecule has 2 saturated heterocycles. The molecule has 2 aromatic rings. The number of benzene rings is 2. The maximum atomic E-state index is 13.7. The number of anilines is 1. The summed E-state index contributed by atoms with van der Waals surface area (Å²) in [7, 11) is 0. The van der Waals surface area contributed by atoms with Gasteiger partial charge in [0.05, 0.1) is 12.2 Å². The van der Waals surface area contributed by atoms with E-state index >= 15 is 0 Å². The molecule has 0 spiro atoms. The maximum Gasteiger partial charge on any atom is 0.265 e. The monoisotopic (exact) mass is 495 g/mol. The minimum Gasteiger partial charge on any atom is -0.476 e. The van der Waals surface area contributed by atoms with Crippen molar-refractivity contribution in [3.63, 3.8) is 0 Å². The van der Waals surface area contributed by atoms with Crippen molar-refractivity contribution in [2.24, 2.45) is 5.92 Å².